The number of nitrogens with one attached hydrogen (secondary N) is 1. The number of rotatable bonds is 7. The third kappa shape index (κ3) is 5.96. The Morgan fingerprint density at radius 3 is 2.28 bits per heavy atom. The minimum absolute atomic E-state index is 0.0554. The zero-order valence-corrected chi connectivity index (χ0v) is 11.2. The van der Waals surface area contributed by atoms with Crippen molar-refractivity contribution in [1.82, 2.24) is 5.32 Å². The van der Waals surface area contributed by atoms with Crippen LogP contribution in [0.4, 0.5) is 8.78 Å². The van der Waals surface area contributed by atoms with Gasteiger partial charge in [-0.15, -0.1) is 0 Å². The molecular weight excluding hydrogens is 236 g/mol. The molecule has 0 saturated carbocycles. The zero-order chi connectivity index (χ0) is 13.5. The first kappa shape index (κ1) is 14.9. The van der Waals surface area contributed by atoms with Gasteiger partial charge >= 0.3 is 0 Å². The Labute approximate surface area is 107 Å². The fourth-order valence-corrected chi connectivity index (χ4v) is 1.67. The molecule has 0 amide bonds. The molecule has 2 nitrogen and oxygen atoms in total. The lowest BCUT2D eigenvalue weighted by atomic mass is 10.2. The summed E-state index contributed by atoms with van der Waals surface area (Å²) in [4.78, 5) is 0. The van der Waals surface area contributed by atoms with Gasteiger partial charge in [0.1, 0.15) is 17.4 Å². The summed E-state index contributed by atoms with van der Waals surface area (Å²) in [6.45, 7) is 7.01. The molecule has 102 valence electrons. The third-order valence-electron chi connectivity index (χ3n) is 2.51. The van der Waals surface area contributed by atoms with Crippen LogP contribution in [0.2, 0.25) is 0 Å². The molecule has 1 aromatic rings. The van der Waals surface area contributed by atoms with E-state index in [1.807, 2.05) is 6.92 Å². The molecule has 0 aliphatic heterocycles. The van der Waals surface area contributed by atoms with Crippen molar-refractivity contribution in [3.8, 4) is 5.75 Å². The minimum Gasteiger partial charge on any atom is -0.491 e. The van der Waals surface area contributed by atoms with E-state index in [9.17, 15) is 8.78 Å². The molecule has 0 aliphatic carbocycles. The maximum absolute atomic E-state index is 12.9. The Morgan fingerprint density at radius 2 is 1.72 bits per heavy atom. The number of benzene rings is 1. The van der Waals surface area contributed by atoms with Crippen molar-refractivity contribution in [2.45, 2.75) is 45.8 Å². The maximum Gasteiger partial charge on any atom is 0.129 e. The standard InChI is InChI=1S/C14H21F2NO/c1-10(2)17-6-4-5-11(3)18-14-8-12(15)7-13(16)9-14/h7-11,17H,4-6H2,1-3H3. The summed E-state index contributed by atoms with van der Waals surface area (Å²) < 4.78 is 31.4. The number of halogens is 2. The predicted octanol–water partition coefficient (Wildman–Crippen LogP) is 3.51. The van der Waals surface area contributed by atoms with Crippen LogP contribution in [0.3, 0.4) is 0 Å². The lowest BCUT2D eigenvalue weighted by Crippen LogP contribution is -2.25. The van der Waals surface area contributed by atoms with Gasteiger partial charge in [-0.3, -0.25) is 0 Å². The topological polar surface area (TPSA) is 21.3 Å². The summed E-state index contributed by atoms with van der Waals surface area (Å²) in [5.74, 6) is -0.978. The second kappa shape index (κ2) is 7.31. The van der Waals surface area contributed by atoms with E-state index >= 15 is 0 Å². The quantitative estimate of drug-likeness (QED) is 0.755. The zero-order valence-electron chi connectivity index (χ0n) is 11.2. The molecule has 1 rings (SSSR count). The van der Waals surface area contributed by atoms with E-state index in [4.69, 9.17) is 4.74 Å². The van der Waals surface area contributed by atoms with Crippen LogP contribution in [-0.4, -0.2) is 18.7 Å². The Hall–Kier alpha value is -1.16. The molecule has 0 aliphatic rings. The van der Waals surface area contributed by atoms with E-state index in [2.05, 4.69) is 19.2 Å². The van der Waals surface area contributed by atoms with E-state index < -0.39 is 11.6 Å². The molecule has 0 bridgehead atoms. The lowest BCUT2D eigenvalue weighted by molar-refractivity contribution is 0.205. The summed E-state index contributed by atoms with van der Waals surface area (Å²) in [6, 6.07) is 3.71. The largest absolute Gasteiger partial charge is 0.491 e. The third-order valence-corrected chi connectivity index (χ3v) is 2.51. The summed E-state index contributed by atoms with van der Waals surface area (Å²) in [5.41, 5.74) is 0. The molecule has 1 aromatic carbocycles. The summed E-state index contributed by atoms with van der Waals surface area (Å²) >= 11 is 0. The Bertz CT molecular complexity index is 349. The lowest BCUT2D eigenvalue weighted by Gasteiger charge is -2.15. The highest BCUT2D eigenvalue weighted by atomic mass is 19.1. The molecule has 0 radical (unpaired) electrons. The first-order valence-corrected chi connectivity index (χ1v) is 6.33. The highest BCUT2D eigenvalue weighted by molar-refractivity contribution is 5.23. The van der Waals surface area contributed by atoms with Crippen molar-refractivity contribution < 1.29 is 13.5 Å². The normalized spacial score (nSPS) is 12.8. The summed E-state index contributed by atoms with van der Waals surface area (Å²) in [6.07, 6.45) is 1.76. The van der Waals surface area contributed by atoms with Gasteiger partial charge in [0, 0.05) is 24.2 Å². The number of ether oxygens (including phenoxy) is 1. The molecule has 0 spiro atoms. The van der Waals surface area contributed by atoms with Gasteiger partial charge in [0.05, 0.1) is 6.10 Å². The molecule has 0 saturated heterocycles. The molecule has 0 fully saturated rings. The van der Waals surface area contributed by atoms with Crippen molar-refractivity contribution in [3.63, 3.8) is 0 Å². The second-order valence-corrected chi connectivity index (χ2v) is 4.78. The van der Waals surface area contributed by atoms with Crippen LogP contribution in [0.1, 0.15) is 33.6 Å². The maximum atomic E-state index is 12.9. The van der Waals surface area contributed by atoms with Crippen LogP contribution in [0.15, 0.2) is 18.2 Å². The number of hydrogen-bond acceptors (Lipinski definition) is 2. The van der Waals surface area contributed by atoms with Crippen molar-refractivity contribution in [1.29, 1.82) is 0 Å². The van der Waals surface area contributed by atoms with Crippen LogP contribution in [0.25, 0.3) is 0 Å². The van der Waals surface area contributed by atoms with Crippen LogP contribution >= 0.6 is 0 Å². The van der Waals surface area contributed by atoms with E-state index in [0.717, 1.165) is 25.5 Å². The van der Waals surface area contributed by atoms with Gasteiger partial charge in [0.2, 0.25) is 0 Å². The molecular formula is C14H21F2NO. The Balaban J connectivity index is 2.33. The van der Waals surface area contributed by atoms with Gasteiger partial charge in [-0.1, -0.05) is 13.8 Å². The van der Waals surface area contributed by atoms with Crippen molar-refractivity contribution >= 4 is 0 Å². The summed E-state index contributed by atoms with van der Waals surface area (Å²) in [7, 11) is 0. The number of hydrogen-bond donors (Lipinski definition) is 1. The molecule has 1 N–H and O–H groups in total. The second-order valence-electron chi connectivity index (χ2n) is 4.78. The fraction of sp³-hybridized carbons (Fsp3) is 0.571. The molecule has 18 heavy (non-hydrogen) atoms. The summed E-state index contributed by atoms with van der Waals surface area (Å²) in [5, 5.41) is 3.31. The van der Waals surface area contributed by atoms with Gasteiger partial charge in [0.25, 0.3) is 0 Å². The Kier molecular flexibility index (Phi) is 6.05. The van der Waals surface area contributed by atoms with E-state index in [0.29, 0.717) is 6.04 Å². The minimum atomic E-state index is -0.612. The van der Waals surface area contributed by atoms with E-state index in [1.54, 1.807) is 0 Å². The average Bonchev–Trinajstić information content (AvgIpc) is 2.22. The first-order valence-electron chi connectivity index (χ1n) is 6.33. The van der Waals surface area contributed by atoms with Crippen molar-refractivity contribution in [3.05, 3.63) is 29.8 Å². The van der Waals surface area contributed by atoms with Gasteiger partial charge in [-0.25, -0.2) is 8.78 Å². The molecule has 0 aromatic heterocycles. The van der Waals surface area contributed by atoms with Crippen LogP contribution in [-0.2, 0) is 0 Å². The smallest absolute Gasteiger partial charge is 0.129 e. The van der Waals surface area contributed by atoms with Gasteiger partial charge in [-0.2, -0.15) is 0 Å². The van der Waals surface area contributed by atoms with Gasteiger partial charge in [0.15, 0.2) is 0 Å². The van der Waals surface area contributed by atoms with Crippen molar-refractivity contribution in [2.24, 2.45) is 0 Å². The highest BCUT2D eigenvalue weighted by Crippen LogP contribution is 2.17. The average molecular weight is 257 g/mol. The predicted molar refractivity (Wildman–Crippen MR) is 68.8 cm³/mol. The van der Waals surface area contributed by atoms with E-state index in [-0.39, 0.29) is 11.9 Å². The van der Waals surface area contributed by atoms with E-state index in [1.165, 1.54) is 12.1 Å². The van der Waals surface area contributed by atoms with Crippen LogP contribution in [0.5, 0.6) is 5.75 Å². The van der Waals surface area contributed by atoms with Crippen molar-refractivity contribution in [2.75, 3.05) is 6.54 Å². The van der Waals surface area contributed by atoms with Crippen LogP contribution < -0.4 is 10.1 Å². The van der Waals surface area contributed by atoms with Crippen LogP contribution in [0, 0.1) is 11.6 Å². The molecule has 4 heteroatoms. The first-order chi connectivity index (χ1) is 8.47. The SMILES string of the molecule is CC(C)NCCCC(C)Oc1cc(F)cc(F)c1. The molecule has 1 unspecified atom stereocenters. The Morgan fingerprint density at radius 1 is 1.11 bits per heavy atom. The highest BCUT2D eigenvalue weighted by Gasteiger charge is 2.07. The molecule has 1 atom stereocenters. The monoisotopic (exact) mass is 257 g/mol. The molecule has 0 heterocycles. The fourth-order valence-electron chi connectivity index (χ4n) is 1.67. The van der Waals surface area contributed by atoms with Gasteiger partial charge < -0.3 is 10.1 Å². The van der Waals surface area contributed by atoms with Gasteiger partial charge in [-0.05, 0) is 26.3 Å².